The summed E-state index contributed by atoms with van der Waals surface area (Å²) in [5, 5.41) is 0.322. The topological polar surface area (TPSA) is 100 Å². The van der Waals surface area contributed by atoms with Crippen molar-refractivity contribution in [1.82, 2.24) is 14.5 Å². The number of piperidine rings is 1. The Labute approximate surface area is 221 Å². The molecule has 0 atom stereocenters. The van der Waals surface area contributed by atoms with Crippen molar-refractivity contribution >= 4 is 34.4 Å². The van der Waals surface area contributed by atoms with Crippen LogP contribution in [0.15, 0.2) is 27.8 Å². The Morgan fingerprint density at radius 3 is 2.27 bits per heavy atom. The minimum atomic E-state index is -0.794. The SMILES string of the molecule is CC.CC.CC(C)(C)OC(=O)c1c(N2CCCCC2)n(Cc2cc(F)ccc2Cl)c2c(=O)[nH]c(=O)[nH]c12. The Hall–Kier alpha value is -3.07. The van der Waals surface area contributed by atoms with E-state index in [9.17, 15) is 18.8 Å². The first-order chi connectivity index (χ1) is 17.5. The molecular weight excluding hydrogens is 499 g/mol. The smallest absolute Gasteiger partial charge is 0.344 e. The zero-order valence-electron chi connectivity index (χ0n) is 22.8. The van der Waals surface area contributed by atoms with Crippen LogP contribution in [0.1, 0.15) is 83.7 Å². The van der Waals surface area contributed by atoms with Crippen molar-refractivity contribution in [3.05, 3.63) is 61.0 Å². The highest BCUT2D eigenvalue weighted by atomic mass is 35.5. The van der Waals surface area contributed by atoms with Crippen LogP contribution in [0.3, 0.4) is 0 Å². The van der Waals surface area contributed by atoms with Gasteiger partial charge in [0.25, 0.3) is 5.56 Å². The fourth-order valence-electron chi connectivity index (χ4n) is 4.22. The first kappa shape index (κ1) is 30.2. The van der Waals surface area contributed by atoms with Gasteiger partial charge in [0.2, 0.25) is 0 Å². The number of H-pyrrole nitrogens is 2. The molecule has 0 bridgehead atoms. The number of ether oxygens (including phenoxy) is 1. The molecule has 0 saturated carbocycles. The average Bonchev–Trinajstić information content (AvgIpc) is 3.17. The predicted octanol–water partition coefficient (Wildman–Crippen LogP) is 5.86. The molecule has 3 heterocycles. The molecule has 2 aromatic heterocycles. The van der Waals surface area contributed by atoms with E-state index in [2.05, 4.69) is 9.97 Å². The van der Waals surface area contributed by atoms with E-state index < -0.39 is 28.6 Å². The van der Waals surface area contributed by atoms with Crippen molar-refractivity contribution in [2.45, 2.75) is 79.9 Å². The number of hydrogen-bond acceptors (Lipinski definition) is 5. The molecule has 37 heavy (non-hydrogen) atoms. The standard InChI is InChI=1S/C23H26ClFN4O4.2C2H6/c1-23(2,3)33-21(31)16-17-18(19(30)27-22(32)26-17)29(20(16)28-9-5-4-6-10-28)12-13-11-14(25)7-8-15(13)24;2*1-2/h7-8,11H,4-6,9-10,12H2,1-3H3,(H2,26,27,30,32);2*1-2H3. The van der Waals surface area contributed by atoms with Gasteiger partial charge >= 0.3 is 11.7 Å². The third-order valence-corrected chi connectivity index (χ3v) is 5.88. The average molecular weight is 537 g/mol. The van der Waals surface area contributed by atoms with Gasteiger partial charge in [-0.15, -0.1) is 0 Å². The molecule has 204 valence electrons. The highest BCUT2D eigenvalue weighted by molar-refractivity contribution is 6.31. The van der Waals surface area contributed by atoms with Gasteiger partial charge in [-0.05, 0) is 63.8 Å². The summed E-state index contributed by atoms with van der Waals surface area (Å²) in [7, 11) is 0. The van der Waals surface area contributed by atoms with Crippen LogP contribution in [0.4, 0.5) is 10.2 Å². The Bertz CT molecular complexity index is 1330. The number of carbonyl (C=O) groups is 1. The van der Waals surface area contributed by atoms with Crippen LogP contribution in [-0.4, -0.2) is 39.2 Å². The highest BCUT2D eigenvalue weighted by Crippen LogP contribution is 2.35. The maximum absolute atomic E-state index is 14.0. The zero-order valence-corrected chi connectivity index (χ0v) is 23.5. The van der Waals surface area contributed by atoms with Crippen molar-refractivity contribution in [2.75, 3.05) is 18.0 Å². The minimum absolute atomic E-state index is 0.0247. The lowest BCUT2D eigenvalue weighted by Crippen LogP contribution is -2.33. The summed E-state index contributed by atoms with van der Waals surface area (Å²) in [5.41, 5.74) is -1.45. The van der Waals surface area contributed by atoms with Crippen LogP contribution in [0.5, 0.6) is 0 Å². The van der Waals surface area contributed by atoms with Crippen molar-refractivity contribution in [1.29, 1.82) is 0 Å². The van der Waals surface area contributed by atoms with Gasteiger partial charge in [0.15, 0.2) is 0 Å². The third kappa shape index (κ3) is 7.03. The van der Waals surface area contributed by atoms with Crippen LogP contribution in [0, 0.1) is 5.82 Å². The van der Waals surface area contributed by atoms with Gasteiger partial charge in [0, 0.05) is 18.1 Å². The lowest BCUT2D eigenvalue weighted by Gasteiger charge is -2.31. The number of halogens is 2. The molecule has 10 heteroatoms. The number of aromatic nitrogens is 3. The summed E-state index contributed by atoms with van der Waals surface area (Å²) in [5.74, 6) is -0.676. The van der Waals surface area contributed by atoms with Gasteiger partial charge in [0.05, 0.1) is 12.1 Å². The summed E-state index contributed by atoms with van der Waals surface area (Å²) in [4.78, 5) is 45.3. The number of nitrogens with one attached hydrogen (secondary N) is 2. The maximum Gasteiger partial charge on any atom is 0.344 e. The zero-order chi connectivity index (χ0) is 27.9. The molecule has 0 unspecified atom stereocenters. The Morgan fingerprint density at radius 1 is 1.05 bits per heavy atom. The number of aromatic amines is 2. The van der Waals surface area contributed by atoms with Crippen molar-refractivity contribution < 1.29 is 13.9 Å². The number of anilines is 1. The molecule has 4 rings (SSSR count). The van der Waals surface area contributed by atoms with E-state index in [0.717, 1.165) is 19.3 Å². The summed E-state index contributed by atoms with van der Waals surface area (Å²) >= 11 is 6.33. The van der Waals surface area contributed by atoms with E-state index >= 15 is 0 Å². The van der Waals surface area contributed by atoms with Gasteiger partial charge in [-0.2, -0.15) is 0 Å². The summed E-state index contributed by atoms with van der Waals surface area (Å²) in [6.45, 7) is 14.6. The van der Waals surface area contributed by atoms with Gasteiger partial charge < -0.3 is 19.2 Å². The molecule has 0 spiro atoms. The second kappa shape index (κ2) is 12.9. The summed E-state index contributed by atoms with van der Waals surface area (Å²) in [6.07, 6.45) is 2.86. The normalized spacial score (nSPS) is 13.4. The van der Waals surface area contributed by atoms with E-state index in [-0.39, 0.29) is 23.1 Å². The number of esters is 1. The Balaban J connectivity index is 0.00000115. The van der Waals surface area contributed by atoms with E-state index in [1.807, 2.05) is 32.6 Å². The van der Waals surface area contributed by atoms with Crippen LogP contribution in [0.2, 0.25) is 5.02 Å². The molecule has 0 aliphatic carbocycles. The molecule has 1 aromatic carbocycles. The number of hydrogen-bond donors (Lipinski definition) is 2. The number of carbonyl (C=O) groups excluding carboxylic acids is 1. The van der Waals surface area contributed by atoms with E-state index in [1.165, 1.54) is 18.2 Å². The molecule has 1 aliphatic rings. The molecule has 3 aromatic rings. The second-order valence-corrected chi connectivity index (χ2v) is 9.61. The molecular formula is C27H38ClFN4O4. The first-order valence-corrected chi connectivity index (χ1v) is 13.2. The quantitative estimate of drug-likeness (QED) is 0.407. The van der Waals surface area contributed by atoms with E-state index in [0.29, 0.717) is 29.5 Å². The van der Waals surface area contributed by atoms with Gasteiger partial charge in [-0.3, -0.25) is 9.78 Å². The van der Waals surface area contributed by atoms with Crippen LogP contribution in [0.25, 0.3) is 11.0 Å². The Kier molecular flexibility index (Phi) is 10.5. The van der Waals surface area contributed by atoms with Gasteiger partial charge in [0.1, 0.15) is 28.3 Å². The van der Waals surface area contributed by atoms with Crippen LogP contribution < -0.4 is 16.1 Å². The fraction of sp³-hybridized carbons (Fsp3) is 0.519. The highest BCUT2D eigenvalue weighted by Gasteiger charge is 2.32. The van der Waals surface area contributed by atoms with Gasteiger partial charge in [-0.25, -0.2) is 14.0 Å². The fourth-order valence-corrected chi connectivity index (χ4v) is 4.39. The number of benzene rings is 1. The van der Waals surface area contributed by atoms with E-state index in [4.69, 9.17) is 16.3 Å². The molecule has 0 radical (unpaired) electrons. The summed E-state index contributed by atoms with van der Waals surface area (Å²) < 4.78 is 21.3. The summed E-state index contributed by atoms with van der Waals surface area (Å²) in [6, 6.07) is 3.99. The van der Waals surface area contributed by atoms with Crippen molar-refractivity contribution in [2.24, 2.45) is 0 Å². The second-order valence-electron chi connectivity index (χ2n) is 9.20. The lowest BCUT2D eigenvalue weighted by molar-refractivity contribution is 0.00721. The lowest BCUT2D eigenvalue weighted by atomic mass is 10.1. The number of rotatable bonds is 4. The first-order valence-electron chi connectivity index (χ1n) is 12.9. The minimum Gasteiger partial charge on any atom is -0.456 e. The van der Waals surface area contributed by atoms with Crippen LogP contribution in [-0.2, 0) is 11.3 Å². The molecule has 1 saturated heterocycles. The molecule has 0 amide bonds. The van der Waals surface area contributed by atoms with Gasteiger partial charge in [-0.1, -0.05) is 39.3 Å². The monoisotopic (exact) mass is 536 g/mol. The third-order valence-electron chi connectivity index (χ3n) is 5.51. The number of nitrogens with zero attached hydrogens (tertiary/aromatic N) is 2. The molecule has 8 nitrogen and oxygen atoms in total. The van der Waals surface area contributed by atoms with Crippen molar-refractivity contribution in [3.63, 3.8) is 0 Å². The molecule has 1 aliphatic heterocycles. The number of fused-ring (bicyclic) bond motifs is 1. The predicted molar refractivity (Wildman–Crippen MR) is 148 cm³/mol. The van der Waals surface area contributed by atoms with Crippen molar-refractivity contribution in [3.8, 4) is 0 Å². The maximum atomic E-state index is 14.0. The van der Waals surface area contributed by atoms with E-state index in [1.54, 1.807) is 25.3 Å². The molecule has 2 N–H and O–H groups in total. The molecule has 1 fully saturated rings. The Morgan fingerprint density at radius 2 is 1.68 bits per heavy atom. The van der Waals surface area contributed by atoms with Crippen LogP contribution >= 0.6 is 11.6 Å². The largest absolute Gasteiger partial charge is 0.456 e.